The monoisotopic (exact) mass is 860 g/mol. The third-order valence-electron chi connectivity index (χ3n) is 10.5. The van der Waals surface area contributed by atoms with Crippen LogP contribution in [0, 0.1) is 29.4 Å². The molecule has 4 atom stereocenters. The van der Waals surface area contributed by atoms with Crippen LogP contribution in [0.4, 0.5) is 32.2 Å². The zero-order chi connectivity index (χ0) is 42.2. The van der Waals surface area contributed by atoms with Gasteiger partial charge in [0.15, 0.2) is 5.82 Å². The average Bonchev–Trinajstić information content (AvgIpc) is 3.69. The van der Waals surface area contributed by atoms with Gasteiger partial charge in [-0.3, -0.25) is 18.9 Å². The third-order valence-corrected chi connectivity index (χ3v) is 11.4. The lowest BCUT2D eigenvalue weighted by molar-refractivity contribution is -0.123. The SMILES string of the molecule is Cn1nc(NS(C)(=O)=O)c2c(Cl)ccc(-c3ccc(C#CC4(C)CNCCO4)nc3[C@H](Cc3cc(F)cc(F)c3)NC(=O)Cn3nc(C(F)F)c4c3C(F)(F)[C@@H]3C[C@H]43)c21. The topological polar surface area (TPSA) is 145 Å². The minimum Gasteiger partial charge on any atom is -0.360 e. The van der Waals surface area contributed by atoms with Gasteiger partial charge in [-0.25, -0.2) is 31.0 Å². The molecule has 1 aliphatic heterocycles. The zero-order valence-electron chi connectivity index (χ0n) is 31.5. The van der Waals surface area contributed by atoms with Gasteiger partial charge in [0, 0.05) is 48.8 Å². The maximum atomic E-state index is 15.5. The van der Waals surface area contributed by atoms with Crippen molar-refractivity contribution in [2.45, 2.75) is 56.2 Å². The van der Waals surface area contributed by atoms with Crippen LogP contribution in [0.25, 0.3) is 22.0 Å². The van der Waals surface area contributed by atoms with E-state index in [0.29, 0.717) is 47.1 Å². The number of ether oxygens (including phenoxy) is 1. The number of carbonyl (C=O) groups excluding carboxylic acids is 1. The summed E-state index contributed by atoms with van der Waals surface area (Å²) in [7, 11) is -2.28. The Bertz CT molecular complexity index is 2690. The highest BCUT2D eigenvalue weighted by Crippen LogP contribution is 2.68. The first-order valence-corrected chi connectivity index (χ1v) is 20.6. The number of fused-ring (bicyclic) bond motifs is 4. The number of hydrogen-bond acceptors (Lipinski definition) is 8. The lowest BCUT2D eigenvalue weighted by atomic mass is 9.93. The molecule has 4 heterocycles. The van der Waals surface area contributed by atoms with E-state index in [9.17, 15) is 30.8 Å². The van der Waals surface area contributed by atoms with Crippen molar-refractivity contribution in [2.75, 3.05) is 30.7 Å². The molecule has 2 aliphatic carbocycles. The number of nitrogens with zero attached hydrogens (tertiary/aromatic N) is 5. The number of sulfonamides is 1. The van der Waals surface area contributed by atoms with Gasteiger partial charge in [-0.15, -0.1) is 0 Å². The molecule has 2 aromatic carbocycles. The van der Waals surface area contributed by atoms with Gasteiger partial charge in [-0.2, -0.15) is 19.0 Å². The molecule has 3 aromatic heterocycles. The predicted octanol–water partition coefficient (Wildman–Crippen LogP) is 6.11. The Morgan fingerprint density at radius 2 is 1.83 bits per heavy atom. The molecule has 2 fully saturated rings. The molecule has 0 spiro atoms. The van der Waals surface area contributed by atoms with Gasteiger partial charge in [0.2, 0.25) is 15.9 Å². The fraction of sp³-hybridized carbons (Fsp3) is 0.385. The number of alkyl halides is 4. The summed E-state index contributed by atoms with van der Waals surface area (Å²) in [6.45, 7) is 2.33. The van der Waals surface area contributed by atoms with Crippen LogP contribution in [0.15, 0.2) is 42.5 Å². The number of aryl methyl sites for hydroxylation is 1. The van der Waals surface area contributed by atoms with Crippen molar-refractivity contribution in [1.82, 2.24) is 35.2 Å². The van der Waals surface area contributed by atoms with Crippen LogP contribution in [-0.2, 0) is 45.5 Å². The maximum Gasteiger partial charge on any atom is 0.293 e. The van der Waals surface area contributed by atoms with Gasteiger partial charge < -0.3 is 15.4 Å². The Labute approximate surface area is 338 Å². The van der Waals surface area contributed by atoms with Crippen LogP contribution in [0.5, 0.6) is 0 Å². The number of hydrogen-bond donors (Lipinski definition) is 3. The number of pyridine rings is 1. The molecule has 1 saturated carbocycles. The van der Waals surface area contributed by atoms with Crippen molar-refractivity contribution in [2.24, 2.45) is 13.0 Å². The molecule has 3 aliphatic rings. The van der Waals surface area contributed by atoms with Crippen LogP contribution in [-0.4, -0.2) is 70.4 Å². The number of anilines is 1. The summed E-state index contributed by atoms with van der Waals surface area (Å²) >= 11 is 6.62. The third kappa shape index (κ3) is 7.86. The first-order chi connectivity index (χ1) is 27.8. The summed E-state index contributed by atoms with van der Waals surface area (Å²) in [4.78, 5) is 18.9. The summed E-state index contributed by atoms with van der Waals surface area (Å²) in [5, 5.41) is 14.4. The molecular formula is C39H35ClF6N8O4S. The van der Waals surface area contributed by atoms with Gasteiger partial charge in [0.05, 0.1) is 40.5 Å². The highest BCUT2D eigenvalue weighted by molar-refractivity contribution is 7.92. The van der Waals surface area contributed by atoms with E-state index >= 15 is 8.78 Å². The van der Waals surface area contributed by atoms with Crippen molar-refractivity contribution < 1.29 is 44.3 Å². The highest BCUT2D eigenvalue weighted by Gasteiger charge is 2.67. The lowest BCUT2D eigenvalue weighted by Gasteiger charge is -2.29. The van der Waals surface area contributed by atoms with Gasteiger partial charge in [-0.05, 0) is 67.5 Å². The number of morpholine rings is 1. The molecule has 0 radical (unpaired) electrons. The number of nitrogens with one attached hydrogen (secondary N) is 3. The molecule has 5 aromatic rings. The van der Waals surface area contributed by atoms with Crippen LogP contribution in [0.1, 0.15) is 65.6 Å². The van der Waals surface area contributed by atoms with E-state index < -0.39 is 81.3 Å². The summed E-state index contributed by atoms with van der Waals surface area (Å²) in [5.74, 6) is -2.23. The molecular weight excluding hydrogens is 826 g/mol. The number of aromatic nitrogens is 5. The van der Waals surface area contributed by atoms with Crippen molar-refractivity contribution in [3.8, 4) is 23.0 Å². The molecule has 3 N–H and O–H groups in total. The van der Waals surface area contributed by atoms with Crippen LogP contribution < -0.4 is 15.4 Å². The van der Waals surface area contributed by atoms with E-state index in [-0.39, 0.29) is 51.6 Å². The van der Waals surface area contributed by atoms with E-state index in [1.54, 1.807) is 32.2 Å². The van der Waals surface area contributed by atoms with Gasteiger partial charge in [0.25, 0.3) is 12.3 Å². The molecule has 1 unspecified atom stereocenters. The second kappa shape index (κ2) is 14.8. The number of carbonyl (C=O) groups is 1. The summed E-state index contributed by atoms with van der Waals surface area (Å²) in [6.07, 6.45) is -2.51. The Morgan fingerprint density at radius 1 is 1.10 bits per heavy atom. The van der Waals surface area contributed by atoms with Gasteiger partial charge in [0.1, 0.15) is 40.9 Å². The smallest absolute Gasteiger partial charge is 0.293 e. The van der Waals surface area contributed by atoms with Gasteiger partial charge >= 0.3 is 0 Å². The van der Waals surface area contributed by atoms with E-state index in [1.807, 2.05) is 0 Å². The molecule has 20 heteroatoms. The number of amides is 1. The molecule has 59 heavy (non-hydrogen) atoms. The van der Waals surface area contributed by atoms with E-state index in [1.165, 1.54) is 10.7 Å². The summed E-state index contributed by atoms with van der Waals surface area (Å²) in [6, 6.07) is 7.80. The Hall–Kier alpha value is -5.16. The van der Waals surface area contributed by atoms with E-state index in [4.69, 9.17) is 21.3 Å². The second-order valence-electron chi connectivity index (χ2n) is 15.1. The Morgan fingerprint density at radius 3 is 2.51 bits per heavy atom. The normalized spacial score (nSPS) is 21.1. The van der Waals surface area contributed by atoms with Crippen LogP contribution in [0.3, 0.4) is 0 Å². The molecule has 0 bridgehead atoms. The fourth-order valence-corrected chi connectivity index (χ4v) is 8.75. The first-order valence-electron chi connectivity index (χ1n) is 18.4. The minimum atomic E-state index is -3.82. The molecule has 1 saturated heterocycles. The second-order valence-corrected chi connectivity index (χ2v) is 17.2. The maximum absolute atomic E-state index is 15.5. The molecule has 12 nitrogen and oxygen atoms in total. The van der Waals surface area contributed by atoms with Crippen LogP contribution >= 0.6 is 11.6 Å². The van der Waals surface area contributed by atoms with Crippen molar-refractivity contribution in [3.05, 3.63) is 93.0 Å². The summed E-state index contributed by atoms with van der Waals surface area (Å²) in [5.41, 5.74) is -1.34. The first kappa shape index (κ1) is 40.6. The Balaban J connectivity index is 1.28. The van der Waals surface area contributed by atoms with E-state index in [0.717, 1.165) is 18.4 Å². The van der Waals surface area contributed by atoms with Crippen molar-refractivity contribution >= 4 is 44.3 Å². The van der Waals surface area contributed by atoms with Gasteiger partial charge in [-0.1, -0.05) is 23.6 Å². The highest BCUT2D eigenvalue weighted by atomic mass is 35.5. The number of benzene rings is 2. The standard InChI is InChI=1S/C39H35ClF6N8O4S/c1-38(18-47-10-11-58-38)9-8-22-4-5-23(24-6-7-27(40)31-34(24)53(2)51-37(31)52-59(3,56)57)32(48-22)28(14-19-12-20(41)15-21(42)13-19)49-29(55)17-54-35-30(33(50-54)36(43)44)25-16-26(25)39(35,45)46/h4-7,12-13,15,25-26,28,36,47H,10-11,14,16-18H2,1-3H3,(H,49,55)(H,51,52)/t25-,26+,28-,38?/m0/s1. The molecule has 8 rings (SSSR count). The van der Waals surface area contributed by atoms with Crippen molar-refractivity contribution in [3.63, 3.8) is 0 Å². The largest absolute Gasteiger partial charge is 0.360 e. The zero-order valence-corrected chi connectivity index (χ0v) is 33.1. The van der Waals surface area contributed by atoms with Crippen molar-refractivity contribution in [1.29, 1.82) is 0 Å². The fourth-order valence-electron chi connectivity index (χ4n) is 8.02. The predicted molar refractivity (Wildman–Crippen MR) is 204 cm³/mol. The Kier molecular flexibility index (Phi) is 10.2. The lowest BCUT2D eigenvalue weighted by Crippen LogP contribution is -2.46. The number of rotatable bonds is 10. The molecule has 1 amide bonds. The molecule has 310 valence electrons. The minimum absolute atomic E-state index is 0.0276. The quantitative estimate of drug-likeness (QED) is 0.113. The number of halogens is 7. The van der Waals surface area contributed by atoms with E-state index in [2.05, 4.69) is 37.4 Å². The summed E-state index contributed by atoms with van der Waals surface area (Å²) < 4.78 is 123. The average molecular weight is 861 g/mol. The van der Waals surface area contributed by atoms with Crippen LogP contribution in [0.2, 0.25) is 5.02 Å².